The van der Waals surface area contributed by atoms with Crippen LogP contribution in [0.4, 0.5) is 18.9 Å². The van der Waals surface area contributed by atoms with Crippen molar-refractivity contribution in [1.29, 1.82) is 0 Å². The Labute approximate surface area is 428 Å². The predicted molar refractivity (Wildman–Crippen MR) is 262 cm³/mol. The van der Waals surface area contributed by atoms with Crippen molar-refractivity contribution < 1.29 is 80.3 Å². The van der Waals surface area contributed by atoms with Crippen LogP contribution in [0.5, 0.6) is 0 Å². The summed E-state index contributed by atoms with van der Waals surface area (Å²) in [6, 6.07) is 0.524. The molecule has 4 fully saturated rings. The summed E-state index contributed by atoms with van der Waals surface area (Å²) in [5.41, 5.74) is -8.24. The molecule has 4 aliphatic rings. The first kappa shape index (κ1) is 60.9. The molecule has 5 rings (SSSR count). The maximum absolute atomic E-state index is 14.6. The number of nitrogens with one attached hydrogen (secondary N) is 2. The van der Waals surface area contributed by atoms with Crippen molar-refractivity contribution >= 4 is 33.5 Å². The fourth-order valence-electron chi connectivity index (χ4n) is 11.2. The zero-order valence-electron chi connectivity index (χ0n) is 43.8. The Morgan fingerprint density at radius 3 is 2.22 bits per heavy atom. The number of anilines is 1. The van der Waals surface area contributed by atoms with Gasteiger partial charge in [-0.2, -0.15) is 25.9 Å². The van der Waals surface area contributed by atoms with Gasteiger partial charge in [-0.25, -0.2) is 0 Å². The number of aliphatic hydroxyl groups is 5. The quantitative estimate of drug-likeness (QED) is 0.139. The van der Waals surface area contributed by atoms with E-state index >= 15 is 0 Å². The number of β-amino-alcohol motifs (C(OH)–C–C–N with tert-alkyl or cyclic N) is 1. The van der Waals surface area contributed by atoms with E-state index < -0.39 is 140 Å². The van der Waals surface area contributed by atoms with Crippen LogP contribution in [0.15, 0.2) is 18.2 Å². The average molecular weight is 1080 g/mol. The number of cyclic esters (lactones) is 1. The van der Waals surface area contributed by atoms with Gasteiger partial charge in [-0.05, 0) is 124 Å². The second-order valence-electron chi connectivity index (χ2n) is 21.7. The normalized spacial score (nSPS) is 41.8. The zero-order chi connectivity index (χ0) is 54.1. The fraction of sp³-hybridized carbons (Fsp3) is 0.857. The number of alkyl halides is 3. The highest BCUT2D eigenvalue weighted by Crippen LogP contribution is 2.44. The minimum atomic E-state index is -4.88. The number of benzene rings is 1. The molecule has 4 heterocycles. The summed E-state index contributed by atoms with van der Waals surface area (Å²) in [4.78, 5) is 16.8. The molecule has 0 aliphatic carbocycles. The van der Waals surface area contributed by atoms with E-state index in [0.29, 0.717) is 6.07 Å². The van der Waals surface area contributed by atoms with Crippen molar-refractivity contribution in [1.82, 2.24) is 14.5 Å². The topological polar surface area (TPSA) is 238 Å². The van der Waals surface area contributed by atoms with Gasteiger partial charge in [0.15, 0.2) is 12.6 Å². The lowest BCUT2D eigenvalue weighted by Crippen LogP contribution is -2.70. The number of aliphatic hydroxyl groups excluding tert-OH is 2. The number of halogens is 4. The molecule has 18 nitrogen and oxygen atoms in total. The lowest BCUT2D eigenvalue weighted by molar-refractivity contribution is -0.339. The molecule has 0 saturated carbocycles. The second-order valence-corrected chi connectivity index (χ2v) is 23.8. The third kappa shape index (κ3) is 13.6. The summed E-state index contributed by atoms with van der Waals surface area (Å²) in [5.74, 6) is -3.46. The molecule has 0 aromatic heterocycles. The molecule has 4 aliphatic heterocycles. The summed E-state index contributed by atoms with van der Waals surface area (Å²) in [5, 5.41) is 63.2. The standard InChI is InChI=1S/C49H82ClF3N4O14S/c1-13-37-47(10,62)41(59)31(6)54-25-27(2)23-45(8,61)42(71-44-39(58)36(21-28(3)67-44)56(11)72(64,65)55-33-17-18-35(50)34(22-33)49(51,52)53)29(4)40(30(5)43(60)69-37)70-38-24-46(9,66-12)48(63,32(7)68-38)26-57-19-15-14-16-20-57/h17-18,22,27-32,36-42,44,54-55,58-59,61-63H,13-16,19-21,23-26H2,1-12H3/t27-,28+,29+,30-,31-,32+,36-,37-,38+,39+,40+,41-,42-,44-,45-,46-,47-,48+/m1/s1. The number of hydrogen-bond acceptors (Lipinski definition) is 16. The third-order valence-corrected chi connectivity index (χ3v) is 17.7. The Kier molecular flexibility index (Phi) is 20.0. The number of carbonyl (C=O) groups excluding carboxylic acids is 1. The molecule has 1 aromatic rings. The molecule has 7 N–H and O–H groups in total. The van der Waals surface area contributed by atoms with Gasteiger partial charge in [0.1, 0.15) is 35.1 Å². The minimum Gasteiger partial charge on any atom is -0.459 e. The molecule has 0 unspecified atom stereocenters. The van der Waals surface area contributed by atoms with Crippen molar-refractivity contribution in [3.63, 3.8) is 0 Å². The average Bonchev–Trinajstić information content (AvgIpc) is 3.29. The number of likely N-dealkylation sites (tertiary alicyclic amines) is 1. The van der Waals surface area contributed by atoms with Gasteiger partial charge in [-0.3, -0.25) is 9.52 Å². The maximum atomic E-state index is 14.6. The number of esters is 1. The molecule has 23 heteroatoms. The Hall–Kier alpha value is -2.00. The first-order valence-electron chi connectivity index (χ1n) is 25.2. The van der Waals surface area contributed by atoms with Gasteiger partial charge >= 0.3 is 22.4 Å². The summed E-state index contributed by atoms with van der Waals surface area (Å²) >= 11 is 5.79. The number of hydrogen-bond donors (Lipinski definition) is 7. The molecule has 18 atom stereocenters. The van der Waals surface area contributed by atoms with Gasteiger partial charge < -0.3 is 64.2 Å². The number of piperidine rings is 1. The SMILES string of the molecule is CC[C@H]1OC(=O)[C@H](C)[C@@H](O[C@H]2C[C@@](C)(OC)[C@](O)(CN3CCCCC3)[C@H](C)O2)[C@H](C)[C@@H](O[C@H]2O[C@@H](C)C[C@@H](N(C)S(=O)(=O)Nc3ccc(Cl)c(C(F)(F)F)c3)[C@@H]2O)[C@](C)(O)C[C@@H](C)CN[C@H](C)[C@@H](O)[C@]1(C)O. The van der Waals surface area contributed by atoms with Crippen LogP contribution in [0.2, 0.25) is 5.02 Å². The van der Waals surface area contributed by atoms with Crippen molar-refractivity contribution in [2.75, 3.05) is 45.1 Å². The molecule has 72 heavy (non-hydrogen) atoms. The molecular formula is C49H82ClF3N4O14S. The lowest BCUT2D eigenvalue weighted by atomic mass is 9.74. The van der Waals surface area contributed by atoms with E-state index in [4.69, 9.17) is 40.0 Å². The molecule has 0 amide bonds. The van der Waals surface area contributed by atoms with Gasteiger partial charge in [-0.15, -0.1) is 0 Å². The number of nitrogens with zero attached hydrogens (tertiary/aromatic N) is 2. The third-order valence-electron chi connectivity index (χ3n) is 15.8. The Bertz CT molecular complexity index is 2080. The Morgan fingerprint density at radius 2 is 1.62 bits per heavy atom. The summed E-state index contributed by atoms with van der Waals surface area (Å²) in [7, 11) is -2.04. The van der Waals surface area contributed by atoms with Crippen LogP contribution in [0.1, 0.15) is 120 Å². The first-order chi connectivity index (χ1) is 33.2. The van der Waals surface area contributed by atoms with Crippen molar-refractivity contribution in [3.8, 4) is 0 Å². The number of rotatable bonds is 12. The number of carbonyl (C=O) groups is 1. The van der Waals surface area contributed by atoms with E-state index in [1.807, 2.05) is 6.92 Å². The van der Waals surface area contributed by atoms with Crippen LogP contribution in [0.25, 0.3) is 0 Å². The summed E-state index contributed by atoms with van der Waals surface area (Å²) in [6.07, 6.45) is -13.3. The number of likely N-dealkylation sites (N-methyl/N-ethyl adjacent to an activating group) is 1. The van der Waals surface area contributed by atoms with Crippen LogP contribution in [0, 0.1) is 17.8 Å². The van der Waals surface area contributed by atoms with Crippen LogP contribution in [0.3, 0.4) is 0 Å². The van der Waals surface area contributed by atoms with Crippen LogP contribution < -0.4 is 10.0 Å². The van der Waals surface area contributed by atoms with E-state index in [-0.39, 0.29) is 44.7 Å². The van der Waals surface area contributed by atoms with E-state index in [1.165, 1.54) is 21.0 Å². The van der Waals surface area contributed by atoms with Gasteiger partial charge in [0, 0.05) is 39.1 Å². The van der Waals surface area contributed by atoms with Gasteiger partial charge in [0.25, 0.3) is 0 Å². The van der Waals surface area contributed by atoms with Crippen LogP contribution >= 0.6 is 11.6 Å². The molecular weight excluding hydrogens is 993 g/mol. The highest BCUT2D eigenvalue weighted by Gasteiger charge is 2.59. The van der Waals surface area contributed by atoms with Crippen LogP contribution in [-0.2, 0) is 49.6 Å². The molecule has 0 radical (unpaired) electrons. The molecule has 4 saturated heterocycles. The van der Waals surface area contributed by atoms with Crippen LogP contribution in [-0.4, -0.2) is 179 Å². The van der Waals surface area contributed by atoms with Crippen molar-refractivity contribution in [2.45, 2.75) is 210 Å². The van der Waals surface area contributed by atoms with E-state index in [1.54, 1.807) is 48.5 Å². The largest absolute Gasteiger partial charge is 0.459 e. The highest BCUT2D eigenvalue weighted by atomic mass is 35.5. The zero-order valence-corrected chi connectivity index (χ0v) is 45.4. The monoisotopic (exact) mass is 1070 g/mol. The number of methoxy groups -OCH3 is 1. The first-order valence-corrected chi connectivity index (χ1v) is 27.0. The smallest absolute Gasteiger partial charge is 0.417 e. The second kappa shape index (κ2) is 23.7. The molecule has 0 bridgehead atoms. The van der Waals surface area contributed by atoms with Crippen molar-refractivity contribution in [2.24, 2.45) is 17.8 Å². The lowest BCUT2D eigenvalue weighted by Gasteiger charge is -2.55. The van der Waals surface area contributed by atoms with Crippen molar-refractivity contribution in [3.05, 3.63) is 28.8 Å². The fourth-order valence-corrected chi connectivity index (χ4v) is 12.6. The minimum absolute atomic E-state index is 0.000589. The summed E-state index contributed by atoms with van der Waals surface area (Å²) in [6.45, 7) is 18.5. The van der Waals surface area contributed by atoms with Gasteiger partial charge in [-0.1, -0.05) is 38.8 Å². The van der Waals surface area contributed by atoms with E-state index in [2.05, 4.69) is 14.9 Å². The van der Waals surface area contributed by atoms with E-state index in [9.17, 15) is 51.9 Å². The van der Waals surface area contributed by atoms with Gasteiger partial charge in [0.2, 0.25) is 0 Å². The molecule has 0 spiro atoms. The number of ether oxygens (including phenoxy) is 6. The highest BCUT2D eigenvalue weighted by molar-refractivity contribution is 7.90. The summed E-state index contributed by atoms with van der Waals surface area (Å²) < 4.78 is 110. The maximum Gasteiger partial charge on any atom is 0.417 e. The van der Waals surface area contributed by atoms with E-state index in [0.717, 1.165) is 55.8 Å². The molecule has 416 valence electrons. The predicted octanol–water partition coefficient (Wildman–Crippen LogP) is 4.81. The Morgan fingerprint density at radius 1 is 0.986 bits per heavy atom. The Balaban J connectivity index is 1.55. The molecule has 1 aromatic carbocycles. The van der Waals surface area contributed by atoms with Gasteiger partial charge in [0.05, 0.1) is 58.3 Å².